The second-order valence-electron chi connectivity index (χ2n) is 6.27. The van der Waals surface area contributed by atoms with Crippen molar-refractivity contribution < 1.29 is 19.4 Å². The molecule has 0 radical (unpaired) electrons. The summed E-state index contributed by atoms with van der Waals surface area (Å²) in [7, 11) is 3.40. The Morgan fingerprint density at radius 1 is 1.42 bits per heavy atom. The second kappa shape index (κ2) is 9.25. The lowest BCUT2D eigenvalue weighted by Crippen LogP contribution is -2.42. The van der Waals surface area contributed by atoms with Crippen molar-refractivity contribution in [3.05, 3.63) is 29.3 Å². The van der Waals surface area contributed by atoms with Crippen LogP contribution < -0.4 is 4.74 Å². The number of nitrogens with zero attached hydrogens (tertiary/aromatic N) is 1. The molecule has 0 spiro atoms. The van der Waals surface area contributed by atoms with Crippen molar-refractivity contribution >= 4 is 17.5 Å². The molecule has 1 saturated carbocycles. The smallest absolute Gasteiger partial charge is 0.225 e. The number of carbonyl (C=O) groups excluding carboxylic acids is 1. The standard InChI is InChI=1S/C18H26ClNO4/c1-20(9-4-10-24-15-6-3-5-14(19)12-15)18(22)13-7-8-16(21)17(11-13)23-2/h3,5-6,12-13,16-17,21H,4,7-11H2,1-2H3/t13-,16+,17-/m1/s1. The lowest BCUT2D eigenvalue weighted by atomic mass is 9.84. The van der Waals surface area contributed by atoms with Gasteiger partial charge in [0.2, 0.25) is 5.91 Å². The van der Waals surface area contributed by atoms with Gasteiger partial charge in [0.05, 0.1) is 18.8 Å². The van der Waals surface area contributed by atoms with E-state index in [4.69, 9.17) is 21.1 Å². The van der Waals surface area contributed by atoms with Gasteiger partial charge in [-0.05, 0) is 43.9 Å². The number of ether oxygens (including phenoxy) is 2. The molecule has 5 nitrogen and oxygen atoms in total. The minimum atomic E-state index is -0.463. The first-order chi connectivity index (χ1) is 11.5. The summed E-state index contributed by atoms with van der Waals surface area (Å²) in [5.41, 5.74) is 0. The van der Waals surface area contributed by atoms with Crippen molar-refractivity contribution in [1.82, 2.24) is 4.90 Å². The van der Waals surface area contributed by atoms with E-state index < -0.39 is 6.10 Å². The van der Waals surface area contributed by atoms with E-state index in [0.29, 0.717) is 37.4 Å². The third kappa shape index (κ3) is 5.36. The van der Waals surface area contributed by atoms with Gasteiger partial charge < -0.3 is 19.5 Å². The fraction of sp³-hybridized carbons (Fsp3) is 0.611. The summed E-state index contributed by atoms with van der Waals surface area (Å²) in [6, 6.07) is 7.28. The predicted molar refractivity (Wildman–Crippen MR) is 93.3 cm³/mol. The maximum atomic E-state index is 12.5. The average molecular weight is 356 g/mol. The topological polar surface area (TPSA) is 59.0 Å². The summed E-state index contributed by atoms with van der Waals surface area (Å²) in [6.07, 6.45) is 1.95. The number of amides is 1. The quantitative estimate of drug-likeness (QED) is 0.764. The van der Waals surface area contributed by atoms with Crippen LogP contribution in [0.25, 0.3) is 0 Å². The number of aliphatic hydroxyl groups is 1. The Kier molecular flexibility index (Phi) is 7.34. The van der Waals surface area contributed by atoms with E-state index in [1.807, 2.05) is 19.2 Å². The van der Waals surface area contributed by atoms with Gasteiger partial charge in [0.15, 0.2) is 0 Å². The van der Waals surface area contributed by atoms with E-state index in [1.54, 1.807) is 24.1 Å². The molecule has 2 rings (SSSR count). The van der Waals surface area contributed by atoms with Crippen LogP contribution in [0.5, 0.6) is 5.75 Å². The van der Waals surface area contributed by atoms with Gasteiger partial charge in [-0.3, -0.25) is 4.79 Å². The molecule has 1 amide bonds. The molecule has 1 fully saturated rings. The number of rotatable bonds is 7. The molecule has 0 aromatic heterocycles. The SMILES string of the molecule is CO[C@@H]1C[C@H](C(=O)N(C)CCCOc2cccc(Cl)c2)CC[C@@H]1O. The molecule has 1 aromatic rings. The summed E-state index contributed by atoms with van der Waals surface area (Å²) in [4.78, 5) is 14.3. The highest BCUT2D eigenvalue weighted by Crippen LogP contribution is 2.27. The largest absolute Gasteiger partial charge is 0.493 e. The van der Waals surface area contributed by atoms with Crippen LogP contribution in [0.2, 0.25) is 5.02 Å². The number of halogens is 1. The second-order valence-corrected chi connectivity index (χ2v) is 6.71. The molecule has 0 unspecified atom stereocenters. The summed E-state index contributed by atoms with van der Waals surface area (Å²) in [5, 5.41) is 10.5. The van der Waals surface area contributed by atoms with Gasteiger partial charge in [0.25, 0.3) is 0 Å². The van der Waals surface area contributed by atoms with Crippen LogP contribution in [0, 0.1) is 5.92 Å². The van der Waals surface area contributed by atoms with Crippen molar-refractivity contribution in [3.8, 4) is 5.75 Å². The average Bonchev–Trinajstić information content (AvgIpc) is 2.58. The maximum absolute atomic E-state index is 12.5. The van der Waals surface area contributed by atoms with Crippen LogP contribution in [0.3, 0.4) is 0 Å². The minimum absolute atomic E-state index is 0.0720. The van der Waals surface area contributed by atoms with Crippen LogP contribution in [0.4, 0.5) is 0 Å². The molecular weight excluding hydrogens is 330 g/mol. The fourth-order valence-electron chi connectivity index (χ4n) is 3.06. The van der Waals surface area contributed by atoms with E-state index in [1.165, 1.54) is 0 Å². The van der Waals surface area contributed by atoms with E-state index >= 15 is 0 Å². The van der Waals surface area contributed by atoms with Crippen LogP contribution in [0.1, 0.15) is 25.7 Å². The highest BCUT2D eigenvalue weighted by atomic mass is 35.5. The van der Waals surface area contributed by atoms with Gasteiger partial charge >= 0.3 is 0 Å². The summed E-state index contributed by atoms with van der Waals surface area (Å²) < 4.78 is 10.9. The molecule has 0 bridgehead atoms. The number of hydrogen-bond acceptors (Lipinski definition) is 4. The molecule has 0 saturated heterocycles. The maximum Gasteiger partial charge on any atom is 0.225 e. The summed E-state index contributed by atoms with van der Waals surface area (Å²) in [5.74, 6) is 0.782. The summed E-state index contributed by atoms with van der Waals surface area (Å²) >= 11 is 5.91. The van der Waals surface area contributed by atoms with Crippen molar-refractivity contribution in [2.75, 3.05) is 27.3 Å². The highest BCUT2D eigenvalue weighted by Gasteiger charge is 2.34. The molecule has 3 atom stereocenters. The van der Waals surface area contributed by atoms with Crippen LogP contribution >= 0.6 is 11.6 Å². The molecular formula is C18H26ClNO4. The van der Waals surface area contributed by atoms with Crippen molar-refractivity contribution in [3.63, 3.8) is 0 Å². The lowest BCUT2D eigenvalue weighted by Gasteiger charge is -2.33. The third-order valence-corrected chi connectivity index (χ3v) is 4.72. The van der Waals surface area contributed by atoms with E-state index in [0.717, 1.165) is 12.2 Å². The Morgan fingerprint density at radius 3 is 2.92 bits per heavy atom. The molecule has 134 valence electrons. The van der Waals surface area contributed by atoms with Gasteiger partial charge in [-0.2, -0.15) is 0 Å². The van der Waals surface area contributed by atoms with Gasteiger partial charge in [-0.15, -0.1) is 0 Å². The Labute approximate surface area is 148 Å². The monoisotopic (exact) mass is 355 g/mol. The van der Waals surface area contributed by atoms with Crippen LogP contribution in [0.15, 0.2) is 24.3 Å². The zero-order chi connectivity index (χ0) is 17.5. The number of hydrogen-bond donors (Lipinski definition) is 1. The number of methoxy groups -OCH3 is 1. The van der Waals surface area contributed by atoms with Gasteiger partial charge in [0, 0.05) is 31.6 Å². The number of benzene rings is 1. The van der Waals surface area contributed by atoms with Gasteiger partial charge in [-0.1, -0.05) is 17.7 Å². The Hall–Kier alpha value is -1.30. The molecule has 6 heteroatoms. The molecule has 0 heterocycles. The van der Waals surface area contributed by atoms with Crippen molar-refractivity contribution in [2.24, 2.45) is 5.92 Å². The third-order valence-electron chi connectivity index (χ3n) is 4.49. The first-order valence-electron chi connectivity index (χ1n) is 8.35. The van der Waals surface area contributed by atoms with Crippen molar-refractivity contribution in [2.45, 2.75) is 37.9 Å². The van der Waals surface area contributed by atoms with Gasteiger partial charge in [0.1, 0.15) is 5.75 Å². The Balaban J connectivity index is 1.71. The highest BCUT2D eigenvalue weighted by molar-refractivity contribution is 6.30. The van der Waals surface area contributed by atoms with Crippen molar-refractivity contribution in [1.29, 1.82) is 0 Å². The van der Waals surface area contributed by atoms with E-state index in [9.17, 15) is 9.90 Å². The molecule has 0 aliphatic heterocycles. The Bertz CT molecular complexity index is 540. The normalized spacial score (nSPS) is 23.8. The minimum Gasteiger partial charge on any atom is -0.493 e. The lowest BCUT2D eigenvalue weighted by molar-refractivity contribution is -0.139. The molecule has 1 aromatic carbocycles. The zero-order valence-corrected chi connectivity index (χ0v) is 15.0. The molecule has 1 aliphatic rings. The first kappa shape index (κ1) is 19.0. The molecule has 1 aliphatic carbocycles. The van der Waals surface area contributed by atoms with Crippen LogP contribution in [-0.4, -0.2) is 55.4 Å². The van der Waals surface area contributed by atoms with E-state index in [-0.39, 0.29) is 17.9 Å². The van der Waals surface area contributed by atoms with Crippen LogP contribution in [-0.2, 0) is 9.53 Å². The van der Waals surface area contributed by atoms with Gasteiger partial charge in [-0.25, -0.2) is 0 Å². The number of carbonyl (C=O) groups is 1. The fourth-order valence-corrected chi connectivity index (χ4v) is 3.24. The van der Waals surface area contributed by atoms with E-state index in [2.05, 4.69) is 0 Å². The Morgan fingerprint density at radius 2 is 2.21 bits per heavy atom. The zero-order valence-electron chi connectivity index (χ0n) is 14.3. The molecule has 1 N–H and O–H groups in total. The first-order valence-corrected chi connectivity index (χ1v) is 8.73. The number of aliphatic hydroxyl groups excluding tert-OH is 1. The predicted octanol–water partition coefficient (Wildman–Crippen LogP) is 2.74. The summed E-state index contributed by atoms with van der Waals surface area (Å²) in [6.45, 7) is 1.16. The molecule has 24 heavy (non-hydrogen) atoms.